The Labute approximate surface area is 169 Å². The van der Waals surface area contributed by atoms with Gasteiger partial charge in [0.2, 0.25) is 5.91 Å². The van der Waals surface area contributed by atoms with Gasteiger partial charge < -0.3 is 10.1 Å². The molecule has 1 amide bonds. The van der Waals surface area contributed by atoms with Gasteiger partial charge in [-0.2, -0.15) is 0 Å². The van der Waals surface area contributed by atoms with Gasteiger partial charge in [0.05, 0.1) is 29.4 Å². The summed E-state index contributed by atoms with van der Waals surface area (Å²) in [7, 11) is 0. The summed E-state index contributed by atoms with van der Waals surface area (Å²) in [5.74, 6) is 1.28. The molecule has 0 aliphatic rings. The third-order valence-corrected chi connectivity index (χ3v) is 5.19. The van der Waals surface area contributed by atoms with Crippen LogP contribution in [0.3, 0.4) is 0 Å². The summed E-state index contributed by atoms with van der Waals surface area (Å²) in [4.78, 5) is 20.9. The normalized spacial score (nSPS) is 10.8. The monoisotopic (exact) mass is 395 g/mol. The SMILES string of the molecule is CC(C)c1ccc(OCCC(=O)NCCc2nc(-c3ccccn3)cs2)cc1. The number of rotatable bonds is 9. The lowest BCUT2D eigenvalue weighted by molar-refractivity contribution is -0.121. The van der Waals surface area contributed by atoms with Crippen LogP contribution < -0.4 is 10.1 Å². The number of ether oxygens (including phenoxy) is 1. The maximum absolute atomic E-state index is 12.0. The predicted molar refractivity (Wildman–Crippen MR) is 113 cm³/mol. The van der Waals surface area contributed by atoms with E-state index in [4.69, 9.17) is 4.74 Å². The molecule has 0 radical (unpaired) electrons. The lowest BCUT2D eigenvalue weighted by Crippen LogP contribution is -2.27. The lowest BCUT2D eigenvalue weighted by Gasteiger charge is -2.09. The number of hydrogen-bond donors (Lipinski definition) is 1. The highest BCUT2D eigenvalue weighted by Crippen LogP contribution is 2.20. The second-order valence-electron chi connectivity index (χ2n) is 6.76. The number of amides is 1. The molecule has 0 aliphatic carbocycles. The van der Waals surface area contributed by atoms with Crippen molar-refractivity contribution in [2.45, 2.75) is 32.6 Å². The zero-order chi connectivity index (χ0) is 19.8. The van der Waals surface area contributed by atoms with Crippen LogP contribution in [0.1, 0.15) is 36.8 Å². The second kappa shape index (κ2) is 9.99. The van der Waals surface area contributed by atoms with Crippen molar-refractivity contribution in [3.05, 3.63) is 64.6 Å². The highest BCUT2D eigenvalue weighted by Gasteiger charge is 2.07. The third-order valence-electron chi connectivity index (χ3n) is 4.28. The molecule has 146 valence electrons. The predicted octanol–water partition coefficient (Wildman–Crippen LogP) is 4.46. The average molecular weight is 396 g/mol. The number of thiazole rings is 1. The number of aromatic nitrogens is 2. The summed E-state index contributed by atoms with van der Waals surface area (Å²) in [5, 5.41) is 5.91. The van der Waals surface area contributed by atoms with Crippen molar-refractivity contribution < 1.29 is 9.53 Å². The summed E-state index contributed by atoms with van der Waals surface area (Å²) in [6.45, 7) is 5.25. The molecule has 0 fully saturated rings. The summed E-state index contributed by atoms with van der Waals surface area (Å²) < 4.78 is 5.65. The molecule has 0 unspecified atom stereocenters. The van der Waals surface area contributed by atoms with Crippen molar-refractivity contribution in [3.63, 3.8) is 0 Å². The highest BCUT2D eigenvalue weighted by molar-refractivity contribution is 7.09. The minimum atomic E-state index is -0.0136. The maximum Gasteiger partial charge on any atom is 0.223 e. The fourth-order valence-corrected chi connectivity index (χ4v) is 3.46. The van der Waals surface area contributed by atoms with E-state index in [1.165, 1.54) is 5.56 Å². The highest BCUT2D eigenvalue weighted by atomic mass is 32.1. The Kier molecular flexibility index (Phi) is 7.14. The van der Waals surface area contributed by atoms with Crippen molar-refractivity contribution >= 4 is 17.2 Å². The van der Waals surface area contributed by atoms with Gasteiger partial charge in [0.25, 0.3) is 0 Å². The summed E-state index contributed by atoms with van der Waals surface area (Å²) in [5.41, 5.74) is 3.02. The van der Waals surface area contributed by atoms with E-state index in [-0.39, 0.29) is 5.91 Å². The first-order valence-electron chi connectivity index (χ1n) is 9.47. The van der Waals surface area contributed by atoms with Crippen LogP contribution in [0.4, 0.5) is 0 Å². The van der Waals surface area contributed by atoms with Crippen molar-refractivity contribution in [2.24, 2.45) is 0 Å². The van der Waals surface area contributed by atoms with Gasteiger partial charge in [0.1, 0.15) is 5.75 Å². The zero-order valence-corrected chi connectivity index (χ0v) is 17.0. The molecule has 0 saturated carbocycles. The van der Waals surface area contributed by atoms with E-state index >= 15 is 0 Å². The molecule has 0 saturated heterocycles. The van der Waals surface area contributed by atoms with Gasteiger partial charge in [-0.05, 0) is 35.7 Å². The van der Waals surface area contributed by atoms with E-state index in [2.05, 4.69) is 41.3 Å². The molecule has 2 heterocycles. The van der Waals surface area contributed by atoms with Crippen LogP contribution in [0.5, 0.6) is 5.75 Å². The Hall–Kier alpha value is -2.73. The minimum absolute atomic E-state index is 0.0136. The molecule has 1 aromatic carbocycles. The molecule has 5 nitrogen and oxygen atoms in total. The van der Waals surface area contributed by atoms with Gasteiger partial charge in [-0.15, -0.1) is 11.3 Å². The Morgan fingerprint density at radius 2 is 1.96 bits per heavy atom. The first-order valence-corrected chi connectivity index (χ1v) is 10.3. The van der Waals surface area contributed by atoms with Crippen LogP contribution in [0.25, 0.3) is 11.4 Å². The number of carbonyl (C=O) groups excluding carboxylic acids is 1. The molecule has 0 spiro atoms. The number of nitrogens with zero attached hydrogens (tertiary/aromatic N) is 2. The molecule has 28 heavy (non-hydrogen) atoms. The topological polar surface area (TPSA) is 64.1 Å². The van der Waals surface area contributed by atoms with E-state index in [9.17, 15) is 4.79 Å². The molecule has 0 bridgehead atoms. The summed E-state index contributed by atoms with van der Waals surface area (Å²) in [6, 6.07) is 13.8. The molecule has 3 rings (SSSR count). The second-order valence-corrected chi connectivity index (χ2v) is 7.71. The van der Waals surface area contributed by atoms with Crippen LogP contribution >= 0.6 is 11.3 Å². The first-order chi connectivity index (χ1) is 13.6. The minimum Gasteiger partial charge on any atom is -0.493 e. The van der Waals surface area contributed by atoms with Gasteiger partial charge >= 0.3 is 0 Å². The molecule has 2 aromatic heterocycles. The smallest absolute Gasteiger partial charge is 0.223 e. The van der Waals surface area contributed by atoms with E-state index in [0.29, 0.717) is 31.9 Å². The van der Waals surface area contributed by atoms with Crippen molar-refractivity contribution in [3.8, 4) is 17.1 Å². The molecular weight excluding hydrogens is 370 g/mol. The van der Waals surface area contributed by atoms with Gasteiger partial charge in [-0.25, -0.2) is 4.98 Å². The van der Waals surface area contributed by atoms with Crippen LogP contribution in [-0.2, 0) is 11.2 Å². The Morgan fingerprint density at radius 3 is 2.68 bits per heavy atom. The number of benzene rings is 1. The number of carbonyl (C=O) groups is 1. The maximum atomic E-state index is 12.0. The van der Waals surface area contributed by atoms with E-state index in [1.807, 2.05) is 35.7 Å². The van der Waals surface area contributed by atoms with Gasteiger partial charge in [0.15, 0.2) is 0 Å². The molecule has 6 heteroatoms. The van der Waals surface area contributed by atoms with Crippen LogP contribution in [0.2, 0.25) is 0 Å². The van der Waals surface area contributed by atoms with Gasteiger partial charge in [-0.1, -0.05) is 32.0 Å². The largest absolute Gasteiger partial charge is 0.493 e. The zero-order valence-electron chi connectivity index (χ0n) is 16.2. The van der Waals surface area contributed by atoms with Crippen molar-refractivity contribution in [1.82, 2.24) is 15.3 Å². The third kappa shape index (κ3) is 5.89. The van der Waals surface area contributed by atoms with E-state index < -0.39 is 0 Å². The number of hydrogen-bond acceptors (Lipinski definition) is 5. The standard InChI is InChI=1S/C22H25N3O2S/c1-16(2)17-6-8-18(9-7-17)27-14-11-21(26)24-13-10-22-25-20(15-28-22)19-5-3-4-12-23-19/h3-9,12,15-16H,10-11,13-14H2,1-2H3,(H,24,26). The molecule has 1 N–H and O–H groups in total. The Balaban J connectivity index is 1.35. The number of pyridine rings is 1. The van der Waals surface area contributed by atoms with Crippen LogP contribution in [-0.4, -0.2) is 29.0 Å². The van der Waals surface area contributed by atoms with Gasteiger partial charge in [-0.3, -0.25) is 9.78 Å². The Bertz CT molecular complexity index is 876. The first kappa shape index (κ1) is 20.0. The Morgan fingerprint density at radius 1 is 1.14 bits per heavy atom. The number of nitrogens with one attached hydrogen (secondary N) is 1. The van der Waals surface area contributed by atoms with E-state index in [1.54, 1.807) is 17.5 Å². The van der Waals surface area contributed by atoms with Crippen molar-refractivity contribution in [1.29, 1.82) is 0 Å². The van der Waals surface area contributed by atoms with Crippen LogP contribution in [0.15, 0.2) is 54.0 Å². The van der Waals surface area contributed by atoms with Crippen molar-refractivity contribution in [2.75, 3.05) is 13.2 Å². The summed E-state index contributed by atoms with van der Waals surface area (Å²) >= 11 is 1.59. The molecular formula is C22H25N3O2S. The van der Waals surface area contributed by atoms with E-state index in [0.717, 1.165) is 22.1 Å². The average Bonchev–Trinajstić information content (AvgIpc) is 3.18. The van der Waals surface area contributed by atoms with Crippen LogP contribution in [0, 0.1) is 0 Å². The quantitative estimate of drug-likeness (QED) is 0.581. The van der Waals surface area contributed by atoms with Gasteiger partial charge in [0, 0.05) is 24.5 Å². The molecule has 0 atom stereocenters. The summed E-state index contributed by atoms with van der Waals surface area (Å²) in [6.07, 6.45) is 2.80. The fourth-order valence-electron chi connectivity index (χ4n) is 2.67. The fraction of sp³-hybridized carbons (Fsp3) is 0.318. The molecule has 0 aliphatic heterocycles. The lowest BCUT2D eigenvalue weighted by atomic mass is 10.0. The molecule has 3 aromatic rings.